The molecule has 1 saturated heterocycles. The molecule has 9 heteroatoms. The number of hydrogen-bond acceptors (Lipinski definition) is 8. The smallest absolute Gasteiger partial charge is 0.313 e. The fourth-order valence-corrected chi connectivity index (χ4v) is 5.54. The Morgan fingerprint density at radius 1 is 1.09 bits per heavy atom. The quantitative estimate of drug-likeness (QED) is 0.410. The standard InChI is InChI=1S/C25H31NO7S/c1-3-30-24(27)22-17-25(31-15-16-32-25)14-13-23(22)26(18-20-7-5-4-6-8-20)33-34(28,29)21-11-9-19(2)10-12-21/h4-12,22-23H,3,13-18H2,1-2H3/t22-,23+/m1/s1. The molecule has 4 rings (SSSR count). The Morgan fingerprint density at radius 2 is 1.76 bits per heavy atom. The van der Waals surface area contributed by atoms with Crippen LogP contribution in [0.25, 0.3) is 0 Å². The summed E-state index contributed by atoms with van der Waals surface area (Å²) in [6, 6.07) is 15.4. The predicted molar refractivity (Wildman–Crippen MR) is 124 cm³/mol. The van der Waals surface area contributed by atoms with Crippen LogP contribution in [0.15, 0.2) is 59.5 Å². The van der Waals surface area contributed by atoms with E-state index < -0.39 is 33.8 Å². The molecule has 2 aromatic rings. The van der Waals surface area contributed by atoms with Crippen LogP contribution in [0.5, 0.6) is 0 Å². The Hall–Kier alpha value is -2.30. The van der Waals surface area contributed by atoms with Gasteiger partial charge in [-0.2, -0.15) is 17.8 Å². The van der Waals surface area contributed by atoms with E-state index >= 15 is 0 Å². The number of hydroxylamine groups is 2. The second kappa shape index (κ2) is 10.5. The van der Waals surface area contributed by atoms with Crippen molar-refractivity contribution < 1.29 is 31.7 Å². The lowest BCUT2D eigenvalue weighted by Crippen LogP contribution is -2.52. The van der Waals surface area contributed by atoms with Crippen LogP contribution in [0.4, 0.5) is 0 Å². The number of carbonyl (C=O) groups excluding carboxylic acids is 1. The third-order valence-electron chi connectivity index (χ3n) is 6.27. The Morgan fingerprint density at radius 3 is 2.41 bits per heavy atom. The minimum atomic E-state index is -4.12. The van der Waals surface area contributed by atoms with Crippen molar-refractivity contribution in [2.45, 2.75) is 56.4 Å². The van der Waals surface area contributed by atoms with Crippen LogP contribution in [0.3, 0.4) is 0 Å². The van der Waals surface area contributed by atoms with E-state index in [0.29, 0.717) is 26.1 Å². The Kier molecular flexibility index (Phi) is 7.69. The number of carbonyl (C=O) groups is 1. The predicted octanol–water partition coefficient (Wildman–Crippen LogP) is 3.59. The van der Waals surface area contributed by atoms with Crippen molar-refractivity contribution in [1.29, 1.82) is 0 Å². The van der Waals surface area contributed by atoms with Crippen LogP contribution in [-0.2, 0) is 40.0 Å². The lowest BCUT2D eigenvalue weighted by atomic mass is 9.80. The summed E-state index contributed by atoms with van der Waals surface area (Å²) in [5.74, 6) is -1.94. The van der Waals surface area contributed by atoms with Gasteiger partial charge in [-0.1, -0.05) is 48.0 Å². The van der Waals surface area contributed by atoms with Crippen LogP contribution in [-0.4, -0.2) is 51.1 Å². The molecule has 2 atom stereocenters. The largest absolute Gasteiger partial charge is 0.466 e. The molecule has 184 valence electrons. The highest BCUT2D eigenvalue weighted by Crippen LogP contribution is 2.42. The van der Waals surface area contributed by atoms with Crippen molar-refractivity contribution in [3.63, 3.8) is 0 Å². The van der Waals surface area contributed by atoms with Gasteiger partial charge in [0.2, 0.25) is 0 Å². The van der Waals surface area contributed by atoms with Gasteiger partial charge in [-0.3, -0.25) is 4.79 Å². The van der Waals surface area contributed by atoms with E-state index in [1.54, 1.807) is 19.1 Å². The highest BCUT2D eigenvalue weighted by atomic mass is 32.2. The third-order valence-corrected chi connectivity index (χ3v) is 7.51. The van der Waals surface area contributed by atoms with Crippen molar-refractivity contribution in [3.05, 3.63) is 65.7 Å². The monoisotopic (exact) mass is 489 g/mol. The van der Waals surface area contributed by atoms with Crippen LogP contribution in [0, 0.1) is 12.8 Å². The van der Waals surface area contributed by atoms with E-state index in [4.69, 9.17) is 18.5 Å². The molecule has 2 fully saturated rings. The molecule has 1 heterocycles. The number of esters is 1. The van der Waals surface area contributed by atoms with Gasteiger partial charge >= 0.3 is 16.1 Å². The summed E-state index contributed by atoms with van der Waals surface area (Å²) in [5, 5.41) is 1.41. The summed E-state index contributed by atoms with van der Waals surface area (Å²) < 4.78 is 49.2. The summed E-state index contributed by atoms with van der Waals surface area (Å²) in [5.41, 5.74) is 1.80. The molecular weight excluding hydrogens is 458 g/mol. The second-order valence-electron chi connectivity index (χ2n) is 8.68. The Balaban J connectivity index is 1.66. The Bertz CT molecular complexity index is 1070. The maximum Gasteiger partial charge on any atom is 0.313 e. The first-order chi connectivity index (χ1) is 16.3. The van der Waals surface area contributed by atoms with Gasteiger partial charge in [-0.25, -0.2) is 0 Å². The van der Waals surface area contributed by atoms with Crippen LogP contribution >= 0.6 is 0 Å². The van der Waals surface area contributed by atoms with Crippen molar-refractivity contribution >= 4 is 16.1 Å². The van der Waals surface area contributed by atoms with E-state index in [1.165, 1.54) is 17.2 Å². The van der Waals surface area contributed by atoms with Gasteiger partial charge < -0.3 is 14.2 Å². The third kappa shape index (κ3) is 5.67. The molecule has 8 nitrogen and oxygen atoms in total. The lowest BCUT2D eigenvalue weighted by Gasteiger charge is -2.43. The summed E-state index contributed by atoms with van der Waals surface area (Å²) >= 11 is 0. The molecule has 1 aliphatic carbocycles. The molecule has 34 heavy (non-hydrogen) atoms. The first kappa shape index (κ1) is 24.8. The molecule has 0 amide bonds. The summed E-state index contributed by atoms with van der Waals surface area (Å²) in [6.07, 6.45) is 1.24. The minimum absolute atomic E-state index is 0.0542. The van der Waals surface area contributed by atoms with Gasteiger partial charge in [0.25, 0.3) is 0 Å². The molecule has 1 aliphatic heterocycles. The lowest BCUT2D eigenvalue weighted by molar-refractivity contribution is -0.222. The number of aryl methyl sites for hydroxylation is 1. The molecule has 1 spiro atoms. The fourth-order valence-electron chi connectivity index (χ4n) is 4.57. The molecular formula is C25H31NO7S. The summed E-state index contributed by atoms with van der Waals surface area (Å²) in [4.78, 5) is 13.1. The number of rotatable bonds is 8. The first-order valence-electron chi connectivity index (χ1n) is 11.6. The minimum Gasteiger partial charge on any atom is -0.466 e. The zero-order valence-electron chi connectivity index (χ0n) is 19.5. The normalized spacial score (nSPS) is 22.2. The van der Waals surface area contributed by atoms with Gasteiger partial charge in [0.1, 0.15) is 0 Å². The van der Waals surface area contributed by atoms with Crippen molar-refractivity contribution in [3.8, 4) is 0 Å². The van der Waals surface area contributed by atoms with Crippen LogP contribution in [0.1, 0.15) is 37.3 Å². The van der Waals surface area contributed by atoms with E-state index in [9.17, 15) is 13.2 Å². The fraction of sp³-hybridized carbons (Fsp3) is 0.480. The molecule has 0 radical (unpaired) electrons. The average molecular weight is 490 g/mol. The van der Waals surface area contributed by atoms with Gasteiger partial charge in [-0.15, -0.1) is 0 Å². The zero-order valence-corrected chi connectivity index (χ0v) is 20.3. The molecule has 2 aliphatic rings. The highest BCUT2D eigenvalue weighted by Gasteiger charge is 2.50. The zero-order chi connectivity index (χ0) is 24.2. The maximum atomic E-state index is 13.2. The van der Waals surface area contributed by atoms with E-state index in [0.717, 1.165) is 11.1 Å². The van der Waals surface area contributed by atoms with Gasteiger partial charge in [0, 0.05) is 12.8 Å². The molecule has 2 aromatic carbocycles. The molecule has 1 saturated carbocycles. The van der Waals surface area contributed by atoms with Gasteiger partial charge in [0.15, 0.2) is 5.79 Å². The maximum absolute atomic E-state index is 13.2. The van der Waals surface area contributed by atoms with Crippen molar-refractivity contribution in [1.82, 2.24) is 5.06 Å². The summed E-state index contributed by atoms with van der Waals surface area (Å²) in [6.45, 7) is 4.96. The van der Waals surface area contributed by atoms with Gasteiger partial charge in [0.05, 0.1) is 43.2 Å². The van der Waals surface area contributed by atoms with E-state index in [2.05, 4.69) is 0 Å². The number of benzene rings is 2. The number of nitrogens with zero attached hydrogens (tertiary/aromatic N) is 1. The van der Waals surface area contributed by atoms with Crippen LogP contribution < -0.4 is 0 Å². The molecule has 0 aromatic heterocycles. The Labute approximate surface area is 200 Å². The van der Waals surface area contributed by atoms with Crippen LogP contribution in [0.2, 0.25) is 0 Å². The SMILES string of the molecule is CCOC(=O)[C@@H]1CC2(CC[C@@H]1N(Cc1ccccc1)OS(=O)(=O)c1ccc(C)cc1)OCCO2. The van der Waals surface area contributed by atoms with Crippen molar-refractivity contribution in [2.75, 3.05) is 19.8 Å². The average Bonchev–Trinajstić information content (AvgIpc) is 3.27. The highest BCUT2D eigenvalue weighted by molar-refractivity contribution is 7.86. The van der Waals surface area contributed by atoms with Crippen molar-refractivity contribution in [2.24, 2.45) is 5.92 Å². The summed E-state index contributed by atoms with van der Waals surface area (Å²) in [7, 11) is -4.12. The molecule has 0 unspecified atom stereocenters. The topological polar surface area (TPSA) is 91.4 Å². The number of ether oxygens (including phenoxy) is 3. The number of hydrogen-bond donors (Lipinski definition) is 0. The van der Waals surface area contributed by atoms with E-state index in [-0.39, 0.29) is 24.5 Å². The second-order valence-corrected chi connectivity index (χ2v) is 10.2. The van der Waals surface area contributed by atoms with Gasteiger partial charge in [-0.05, 0) is 38.0 Å². The molecule has 0 N–H and O–H groups in total. The molecule has 0 bridgehead atoms. The first-order valence-corrected chi connectivity index (χ1v) is 13.0. The van der Waals surface area contributed by atoms with E-state index in [1.807, 2.05) is 37.3 Å².